The van der Waals surface area contributed by atoms with Gasteiger partial charge in [-0.25, -0.2) is 0 Å². The molecule has 1 aromatic rings. The predicted octanol–water partition coefficient (Wildman–Crippen LogP) is 2.30. The number of rotatable bonds is 5. The number of nitrogens with one attached hydrogen (secondary N) is 1. The van der Waals surface area contributed by atoms with Gasteiger partial charge >= 0.3 is 0 Å². The summed E-state index contributed by atoms with van der Waals surface area (Å²) in [4.78, 5) is 2.23. The molecule has 0 aliphatic carbocycles. The molecule has 0 aliphatic rings. The van der Waals surface area contributed by atoms with Crippen LogP contribution in [0.15, 0.2) is 24.3 Å². The van der Waals surface area contributed by atoms with E-state index in [1.807, 2.05) is 19.2 Å². The van der Waals surface area contributed by atoms with Crippen molar-refractivity contribution in [2.75, 3.05) is 28.3 Å². The van der Waals surface area contributed by atoms with Crippen molar-refractivity contribution in [1.82, 2.24) is 10.2 Å². The van der Waals surface area contributed by atoms with Crippen molar-refractivity contribution in [3.8, 4) is 5.75 Å². The molecule has 1 N–H and O–H groups in total. The number of ether oxygens (including phenoxy) is 1. The molecule has 0 radical (unpaired) electrons. The SMILES string of the molecule is CNC(C)(C)C(c1ccc(OC)cc1)N(C)C. The molecule has 0 spiro atoms. The van der Waals surface area contributed by atoms with Crippen LogP contribution in [0.25, 0.3) is 0 Å². The third kappa shape index (κ3) is 3.20. The minimum Gasteiger partial charge on any atom is -0.497 e. The van der Waals surface area contributed by atoms with E-state index in [1.54, 1.807) is 7.11 Å². The fraction of sp³-hybridized carbons (Fsp3) is 0.571. The Morgan fingerprint density at radius 1 is 1.18 bits per heavy atom. The second kappa shape index (κ2) is 5.52. The van der Waals surface area contributed by atoms with E-state index < -0.39 is 0 Å². The molecule has 3 heteroatoms. The lowest BCUT2D eigenvalue weighted by Crippen LogP contribution is -2.48. The van der Waals surface area contributed by atoms with Gasteiger partial charge in [0.05, 0.1) is 13.2 Å². The minimum atomic E-state index is 0.0120. The Labute approximate surface area is 105 Å². The highest BCUT2D eigenvalue weighted by atomic mass is 16.5. The van der Waals surface area contributed by atoms with Gasteiger partial charge in [-0.15, -0.1) is 0 Å². The molecule has 1 atom stereocenters. The molecule has 0 saturated heterocycles. The molecule has 1 rings (SSSR count). The van der Waals surface area contributed by atoms with Crippen LogP contribution in [0.1, 0.15) is 25.5 Å². The van der Waals surface area contributed by atoms with Crippen molar-refractivity contribution in [1.29, 1.82) is 0 Å². The van der Waals surface area contributed by atoms with Gasteiger partial charge < -0.3 is 15.0 Å². The van der Waals surface area contributed by atoms with Crippen LogP contribution in [0.5, 0.6) is 5.75 Å². The van der Waals surface area contributed by atoms with E-state index >= 15 is 0 Å². The van der Waals surface area contributed by atoms with E-state index in [9.17, 15) is 0 Å². The maximum atomic E-state index is 5.19. The van der Waals surface area contributed by atoms with Crippen molar-refractivity contribution in [3.63, 3.8) is 0 Å². The lowest BCUT2D eigenvalue weighted by molar-refractivity contribution is 0.177. The highest BCUT2D eigenvalue weighted by molar-refractivity contribution is 5.30. The number of hydrogen-bond donors (Lipinski definition) is 1. The van der Waals surface area contributed by atoms with Crippen molar-refractivity contribution < 1.29 is 4.74 Å². The number of nitrogens with zero attached hydrogens (tertiary/aromatic N) is 1. The second-order valence-corrected chi connectivity index (χ2v) is 5.11. The highest BCUT2D eigenvalue weighted by Crippen LogP contribution is 2.30. The molecule has 0 heterocycles. The second-order valence-electron chi connectivity index (χ2n) is 5.11. The summed E-state index contributed by atoms with van der Waals surface area (Å²) in [7, 11) is 7.90. The van der Waals surface area contributed by atoms with Gasteiger partial charge in [-0.1, -0.05) is 12.1 Å². The van der Waals surface area contributed by atoms with E-state index in [2.05, 4.69) is 50.3 Å². The first kappa shape index (κ1) is 14.0. The van der Waals surface area contributed by atoms with Crippen molar-refractivity contribution in [3.05, 3.63) is 29.8 Å². The van der Waals surface area contributed by atoms with Crippen molar-refractivity contribution in [2.24, 2.45) is 0 Å². The normalized spacial score (nSPS) is 13.8. The van der Waals surface area contributed by atoms with Crippen LogP contribution in [0, 0.1) is 0 Å². The molecule has 0 amide bonds. The summed E-state index contributed by atoms with van der Waals surface area (Å²) in [6.45, 7) is 4.42. The molecule has 3 nitrogen and oxygen atoms in total. The van der Waals surface area contributed by atoms with Gasteiger partial charge in [0, 0.05) is 5.54 Å². The monoisotopic (exact) mass is 236 g/mol. The van der Waals surface area contributed by atoms with E-state index in [0.29, 0.717) is 6.04 Å². The zero-order valence-corrected chi connectivity index (χ0v) is 11.7. The number of benzene rings is 1. The fourth-order valence-corrected chi connectivity index (χ4v) is 2.28. The lowest BCUT2D eigenvalue weighted by Gasteiger charge is -2.39. The summed E-state index contributed by atoms with van der Waals surface area (Å²) < 4.78 is 5.19. The minimum absolute atomic E-state index is 0.0120. The highest BCUT2D eigenvalue weighted by Gasteiger charge is 2.30. The van der Waals surface area contributed by atoms with Crippen molar-refractivity contribution in [2.45, 2.75) is 25.4 Å². The van der Waals surface area contributed by atoms with Crippen LogP contribution in [-0.4, -0.2) is 38.7 Å². The molecule has 0 aromatic heterocycles. The summed E-state index contributed by atoms with van der Waals surface area (Å²) in [5, 5.41) is 3.38. The quantitative estimate of drug-likeness (QED) is 0.849. The third-order valence-corrected chi connectivity index (χ3v) is 3.28. The molecular formula is C14H24N2O. The Morgan fingerprint density at radius 3 is 2.06 bits per heavy atom. The van der Waals surface area contributed by atoms with E-state index in [1.165, 1.54) is 5.56 Å². The Balaban J connectivity index is 3.06. The van der Waals surface area contributed by atoms with Crippen molar-refractivity contribution >= 4 is 0 Å². The van der Waals surface area contributed by atoms with E-state index in [-0.39, 0.29) is 5.54 Å². The lowest BCUT2D eigenvalue weighted by atomic mass is 9.88. The first-order chi connectivity index (χ1) is 7.92. The largest absolute Gasteiger partial charge is 0.497 e. The Morgan fingerprint density at radius 2 is 1.71 bits per heavy atom. The van der Waals surface area contributed by atoms with Crippen LogP contribution >= 0.6 is 0 Å². The molecule has 1 unspecified atom stereocenters. The van der Waals surface area contributed by atoms with Gasteiger partial charge in [-0.05, 0) is 52.7 Å². The number of methoxy groups -OCH3 is 1. The van der Waals surface area contributed by atoms with Gasteiger partial charge in [-0.3, -0.25) is 0 Å². The summed E-state index contributed by atoms with van der Waals surface area (Å²) in [5.74, 6) is 0.897. The predicted molar refractivity (Wildman–Crippen MR) is 72.6 cm³/mol. The maximum Gasteiger partial charge on any atom is 0.118 e. The molecule has 17 heavy (non-hydrogen) atoms. The Bertz CT molecular complexity index is 344. The summed E-state index contributed by atoms with van der Waals surface area (Å²) >= 11 is 0. The first-order valence-corrected chi connectivity index (χ1v) is 5.91. The Kier molecular flexibility index (Phi) is 4.54. The summed E-state index contributed by atoms with van der Waals surface area (Å²) in [5.41, 5.74) is 1.30. The number of hydrogen-bond acceptors (Lipinski definition) is 3. The average molecular weight is 236 g/mol. The van der Waals surface area contributed by atoms with Gasteiger partial charge in [0.2, 0.25) is 0 Å². The summed E-state index contributed by atoms with van der Waals surface area (Å²) in [6, 6.07) is 8.60. The van der Waals surface area contributed by atoms with Crippen LogP contribution in [-0.2, 0) is 0 Å². The molecule has 0 bridgehead atoms. The van der Waals surface area contributed by atoms with Gasteiger partial charge in [0.25, 0.3) is 0 Å². The molecule has 96 valence electrons. The summed E-state index contributed by atoms with van der Waals surface area (Å²) in [6.07, 6.45) is 0. The molecule has 0 saturated carbocycles. The fourth-order valence-electron chi connectivity index (χ4n) is 2.28. The van der Waals surface area contributed by atoms with Crippen LogP contribution in [0.2, 0.25) is 0 Å². The van der Waals surface area contributed by atoms with Gasteiger partial charge in [-0.2, -0.15) is 0 Å². The average Bonchev–Trinajstić information content (AvgIpc) is 2.29. The van der Waals surface area contributed by atoms with Crippen LogP contribution in [0.3, 0.4) is 0 Å². The molecule has 0 aliphatic heterocycles. The zero-order chi connectivity index (χ0) is 13.1. The third-order valence-electron chi connectivity index (χ3n) is 3.28. The first-order valence-electron chi connectivity index (χ1n) is 5.91. The Hall–Kier alpha value is -1.06. The van der Waals surface area contributed by atoms with Crippen LogP contribution < -0.4 is 10.1 Å². The smallest absolute Gasteiger partial charge is 0.118 e. The zero-order valence-electron chi connectivity index (χ0n) is 11.7. The molecule has 1 aromatic carbocycles. The standard InChI is InChI=1S/C14H24N2O/c1-14(2,15-3)13(16(4)5)11-7-9-12(17-6)10-8-11/h7-10,13,15H,1-6H3. The maximum absolute atomic E-state index is 5.19. The van der Waals surface area contributed by atoms with Gasteiger partial charge in [0.1, 0.15) is 5.75 Å². The number of likely N-dealkylation sites (N-methyl/N-ethyl adjacent to an activating group) is 2. The topological polar surface area (TPSA) is 24.5 Å². The van der Waals surface area contributed by atoms with Gasteiger partial charge in [0.15, 0.2) is 0 Å². The van der Waals surface area contributed by atoms with E-state index in [0.717, 1.165) is 5.75 Å². The van der Waals surface area contributed by atoms with E-state index in [4.69, 9.17) is 4.74 Å². The van der Waals surface area contributed by atoms with Crippen LogP contribution in [0.4, 0.5) is 0 Å². The molecular weight excluding hydrogens is 212 g/mol. The molecule has 0 fully saturated rings.